The average Bonchev–Trinajstić information content (AvgIpc) is 2.90. The quantitative estimate of drug-likeness (QED) is 0.837. The van der Waals surface area contributed by atoms with Crippen molar-refractivity contribution in [3.8, 4) is 12.3 Å². The standard InChI is InChI=1S/C16H25N5/c1-6-9-20(5)16(3)8-10-21(11-16)15-13(7-2)14(17-4)18-12-19-15/h2,12H,6,8-11H2,1,3-5H3,(H,17,18,19). The predicted molar refractivity (Wildman–Crippen MR) is 87.7 cm³/mol. The summed E-state index contributed by atoms with van der Waals surface area (Å²) < 4.78 is 0. The molecule has 114 valence electrons. The first-order valence-corrected chi connectivity index (χ1v) is 7.51. The lowest BCUT2D eigenvalue weighted by Gasteiger charge is -2.35. The Morgan fingerprint density at radius 2 is 2.29 bits per heavy atom. The number of hydrogen-bond acceptors (Lipinski definition) is 5. The molecule has 0 bridgehead atoms. The molecule has 1 aromatic rings. The van der Waals surface area contributed by atoms with Gasteiger partial charge in [0.25, 0.3) is 0 Å². The van der Waals surface area contributed by atoms with Crippen LogP contribution in [-0.2, 0) is 0 Å². The van der Waals surface area contributed by atoms with Gasteiger partial charge in [0.05, 0.1) is 0 Å². The first-order valence-electron chi connectivity index (χ1n) is 7.51. The fourth-order valence-electron chi connectivity index (χ4n) is 2.98. The molecule has 21 heavy (non-hydrogen) atoms. The highest BCUT2D eigenvalue weighted by atomic mass is 15.3. The minimum atomic E-state index is 0.173. The number of hydrogen-bond donors (Lipinski definition) is 1. The zero-order valence-electron chi connectivity index (χ0n) is 13.5. The third-order valence-corrected chi connectivity index (χ3v) is 4.44. The van der Waals surface area contributed by atoms with E-state index < -0.39 is 0 Å². The Balaban J connectivity index is 2.24. The molecule has 1 atom stereocenters. The van der Waals surface area contributed by atoms with Crippen molar-refractivity contribution in [2.75, 3.05) is 43.9 Å². The van der Waals surface area contributed by atoms with Crippen molar-refractivity contribution in [3.05, 3.63) is 11.9 Å². The van der Waals surface area contributed by atoms with E-state index in [0.717, 1.165) is 43.3 Å². The van der Waals surface area contributed by atoms with Gasteiger partial charge in [-0.1, -0.05) is 12.8 Å². The van der Waals surface area contributed by atoms with Gasteiger partial charge in [-0.05, 0) is 33.4 Å². The molecule has 1 aliphatic rings. The number of aromatic nitrogens is 2. The topological polar surface area (TPSA) is 44.3 Å². The van der Waals surface area contributed by atoms with Crippen LogP contribution in [0.2, 0.25) is 0 Å². The van der Waals surface area contributed by atoms with Gasteiger partial charge in [-0.25, -0.2) is 9.97 Å². The summed E-state index contributed by atoms with van der Waals surface area (Å²) in [5.41, 5.74) is 0.925. The van der Waals surface area contributed by atoms with Gasteiger partial charge in [0.2, 0.25) is 0 Å². The number of rotatable bonds is 5. The molecule has 0 aromatic carbocycles. The van der Waals surface area contributed by atoms with Crippen LogP contribution in [0.15, 0.2) is 6.33 Å². The van der Waals surface area contributed by atoms with Crippen LogP contribution in [0.5, 0.6) is 0 Å². The maximum absolute atomic E-state index is 5.66. The Labute approximate surface area is 127 Å². The molecular formula is C16H25N5. The molecule has 0 radical (unpaired) electrons. The van der Waals surface area contributed by atoms with Crippen LogP contribution in [0.25, 0.3) is 0 Å². The second kappa shape index (κ2) is 6.31. The summed E-state index contributed by atoms with van der Waals surface area (Å²) in [5, 5.41) is 3.04. The fourth-order valence-corrected chi connectivity index (χ4v) is 2.98. The van der Waals surface area contributed by atoms with Gasteiger partial charge in [0, 0.05) is 25.7 Å². The van der Waals surface area contributed by atoms with Gasteiger partial charge in [-0.3, -0.25) is 4.90 Å². The van der Waals surface area contributed by atoms with Crippen LogP contribution in [0, 0.1) is 12.3 Å². The van der Waals surface area contributed by atoms with E-state index in [1.54, 1.807) is 6.33 Å². The van der Waals surface area contributed by atoms with Crippen molar-refractivity contribution in [2.45, 2.75) is 32.2 Å². The van der Waals surface area contributed by atoms with Crippen molar-refractivity contribution < 1.29 is 0 Å². The average molecular weight is 287 g/mol. The molecule has 1 N–H and O–H groups in total. The zero-order chi connectivity index (χ0) is 15.5. The minimum Gasteiger partial charge on any atom is -0.372 e. The first kappa shape index (κ1) is 15.6. The summed E-state index contributed by atoms with van der Waals surface area (Å²) in [6.45, 7) is 7.56. The summed E-state index contributed by atoms with van der Waals surface area (Å²) in [7, 11) is 4.03. The molecule has 1 aromatic heterocycles. The van der Waals surface area contributed by atoms with Crippen molar-refractivity contribution in [1.82, 2.24) is 14.9 Å². The molecule has 2 rings (SSSR count). The smallest absolute Gasteiger partial charge is 0.150 e. The van der Waals surface area contributed by atoms with Gasteiger partial charge in [0.15, 0.2) is 0 Å². The zero-order valence-corrected chi connectivity index (χ0v) is 13.5. The Kier molecular flexibility index (Phi) is 4.69. The molecule has 5 heteroatoms. The number of likely N-dealkylation sites (N-methyl/N-ethyl adjacent to an activating group) is 1. The molecule has 1 saturated heterocycles. The SMILES string of the molecule is C#Cc1c(NC)ncnc1N1CCC(C)(N(C)CCC)C1. The molecule has 1 aliphatic heterocycles. The van der Waals surface area contributed by atoms with Crippen molar-refractivity contribution in [2.24, 2.45) is 0 Å². The van der Waals surface area contributed by atoms with Gasteiger partial charge < -0.3 is 10.2 Å². The molecular weight excluding hydrogens is 262 g/mol. The van der Waals surface area contributed by atoms with Gasteiger partial charge in [0.1, 0.15) is 23.5 Å². The molecule has 0 aliphatic carbocycles. The molecule has 0 saturated carbocycles. The summed E-state index contributed by atoms with van der Waals surface area (Å²) >= 11 is 0. The molecule has 0 amide bonds. The predicted octanol–water partition coefficient (Wildman–Crippen LogP) is 1.81. The first-order chi connectivity index (χ1) is 10.1. The third kappa shape index (κ3) is 2.96. The van der Waals surface area contributed by atoms with E-state index in [0.29, 0.717) is 0 Å². The number of terminal acetylenes is 1. The minimum absolute atomic E-state index is 0.173. The largest absolute Gasteiger partial charge is 0.372 e. The summed E-state index contributed by atoms with van der Waals surface area (Å²) in [6, 6.07) is 0. The second-order valence-electron chi connectivity index (χ2n) is 5.91. The van der Waals surface area contributed by atoms with Crippen LogP contribution in [0.1, 0.15) is 32.3 Å². The number of anilines is 2. The Morgan fingerprint density at radius 1 is 1.52 bits per heavy atom. The van der Waals surface area contributed by atoms with Crippen LogP contribution in [0.3, 0.4) is 0 Å². The lowest BCUT2D eigenvalue weighted by Crippen LogP contribution is -2.46. The summed E-state index contributed by atoms with van der Waals surface area (Å²) in [5.74, 6) is 4.32. The highest BCUT2D eigenvalue weighted by Gasteiger charge is 2.38. The van der Waals surface area contributed by atoms with E-state index >= 15 is 0 Å². The van der Waals surface area contributed by atoms with E-state index in [1.165, 1.54) is 6.42 Å². The van der Waals surface area contributed by atoms with E-state index in [9.17, 15) is 0 Å². The lowest BCUT2D eigenvalue weighted by atomic mass is 9.99. The van der Waals surface area contributed by atoms with Crippen LogP contribution >= 0.6 is 0 Å². The Morgan fingerprint density at radius 3 is 2.90 bits per heavy atom. The Hall–Kier alpha value is -1.80. The maximum Gasteiger partial charge on any atom is 0.150 e. The van der Waals surface area contributed by atoms with Crippen molar-refractivity contribution in [3.63, 3.8) is 0 Å². The number of nitrogens with one attached hydrogen (secondary N) is 1. The monoisotopic (exact) mass is 287 g/mol. The molecule has 0 spiro atoms. The highest BCUT2D eigenvalue weighted by Crippen LogP contribution is 2.32. The lowest BCUT2D eigenvalue weighted by molar-refractivity contribution is 0.159. The van der Waals surface area contributed by atoms with Gasteiger partial charge >= 0.3 is 0 Å². The fraction of sp³-hybridized carbons (Fsp3) is 0.625. The molecule has 1 unspecified atom stereocenters. The maximum atomic E-state index is 5.66. The normalized spacial score (nSPS) is 21.6. The van der Waals surface area contributed by atoms with E-state index in [4.69, 9.17) is 6.42 Å². The van der Waals surface area contributed by atoms with Gasteiger partial charge in [-0.2, -0.15) is 0 Å². The van der Waals surface area contributed by atoms with E-state index in [-0.39, 0.29) is 5.54 Å². The van der Waals surface area contributed by atoms with E-state index in [2.05, 4.69) is 51.9 Å². The van der Waals surface area contributed by atoms with E-state index in [1.807, 2.05) is 7.05 Å². The second-order valence-corrected chi connectivity index (χ2v) is 5.91. The van der Waals surface area contributed by atoms with Crippen LogP contribution in [-0.4, -0.2) is 54.1 Å². The molecule has 5 nitrogen and oxygen atoms in total. The summed E-state index contributed by atoms with van der Waals surface area (Å²) in [6.07, 6.45) is 9.52. The van der Waals surface area contributed by atoms with Crippen LogP contribution < -0.4 is 10.2 Å². The van der Waals surface area contributed by atoms with Crippen LogP contribution in [0.4, 0.5) is 11.6 Å². The van der Waals surface area contributed by atoms with Crippen molar-refractivity contribution >= 4 is 11.6 Å². The molecule has 1 fully saturated rings. The number of nitrogens with zero attached hydrogens (tertiary/aromatic N) is 4. The Bertz CT molecular complexity index is 536. The molecule has 2 heterocycles. The van der Waals surface area contributed by atoms with Gasteiger partial charge in [-0.15, -0.1) is 6.42 Å². The highest BCUT2D eigenvalue weighted by molar-refractivity contribution is 5.66. The summed E-state index contributed by atoms with van der Waals surface area (Å²) in [4.78, 5) is 13.4. The third-order valence-electron chi connectivity index (χ3n) is 4.44. The van der Waals surface area contributed by atoms with Crippen molar-refractivity contribution in [1.29, 1.82) is 0 Å².